The number of hydrogen-bond donors (Lipinski definition) is 0. The molecule has 0 aromatic heterocycles. The first-order chi connectivity index (χ1) is 8.96. The molecule has 19 heavy (non-hydrogen) atoms. The van der Waals surface area contributed by atoms with Crippen LogP contribution in [0.4, 0.5) is 8.78 Å². The van der Waals surface area contributed by atoms with E-state index in [4.69, 9.17) is 23.5 Å². The largest absolute Gasteiger partial charge is 0.537 e. The summed E-state index contributed by atoms with van der Waals surface area (Å²) >= 11 is 0. The third kappa shape index (κ3) is 5.86. The molecule has 1 fully saturated rings. The molecule has 110 valence electrons. The Morgan fingerprint density at radius 2 is 1.84 bits per heavy atom. The van der Waals surface area contributed by atoms with E-state index in [2.05, 4.69) is 0 Å². The van der Waals surface area contributed by atoms with Gasteiger partial charge in [-0.05, 0) is 0 Å². The van der Waals surface area contributed by atoms with E-state index < -0.39 is 18.9 Å². The second-order valence-corrected chi connectivity index (χ2v) is 4.91. The van der Waals surface area contributed by atoms with Gasteiger partial charge in [-0.25, -0.2) is 0 Å². The average molecular weight is 280 g/mol. The normalized spacial score (nSPS) is 18.3. The summed E-state index contributed by atoms with van der Waals surface area (Å²) in [4.78, 5) is 0. The van der Waals surface area contributed by atoms with E-state index in [0.29, 0.717) is 19.8 Å². The van der Waals surface area contributed by atoms with Gasteiger partial charge in [0, 0.05) is 25.7 Å². The van der Waals surface area contributed by atoms with E-state index in [1.54, 1.807) is 0 Å². The summed E-state index contributed by atoms with van der Waals surface area (Å²) in [5, 5.41) is 0. The Morgan fingerprint density at radius 3 is 2.37 bits per heavy atom. The second kappa shape index (κ2) is 7.79. The van der Waals surface area contributed by atoms with Crippen molar-refractivity contribution in [3.05, 3.63) is 11.7 Å². The molecule has 0 atom stereocenters. The summed E-state index contributed by atoms with van der Waals surface area (Å²) < 4.78 is 50.6. The van der Waals surface area contributed by atoms with Crippen molar-refractivity contribution in [1.82, 2.24) is 0 Å². The minimum Gasteiger partial charge on any atom is -0.470 e. The highest BCUT2D eigenvalue weighted by Crippen LogP contribution is 2.26. The number of rotatable bonds is 7. The Labute approximate surface area is 111 Å². The van der Waals surface area contributed by atoms with Crippen molar-refractivity contribution in [2.24, 2.45) is 5.41 Å². The molecule has 0 spiro atoms. The molecule has 0 unspecified atom stereocenters. The van der Waals surface area contributed by atoms with Gasteiger partial charge in [0.05, 0.1) is 13.2 Å². The van der Waals surface area contributed by atoms with Crippen LogP contribution in [0.15, 0.2) is 11.7 Å². The van der Waals surface area contributed by atoms with Crippen molar-refractivity contribution in [2.75, 3.05) is 40.3 Å². The second-order valence-electron chi connectivity index (χ2n) is 4.91. The number of hydrogen-bond acceptors (Lipinski definition) is 5. The predicted octanol–water partition coefficient (Wildman–Crippen LogP) is 1.83. The van der Waals surface area contributed by atoms with Crippen molar-refractivity contribution in [3.63, 3.8) is 0 Å². The maximum Gasteiger partial charge on any atom is 0.537 e. The molecule has 1 aliphatic heterocycles. The van der Waals surface area contributed by atoms with Crippen LogP contribution in [0.2, 0.25) is 0 Å². The third-order valence-electron chi connectivity index (χ3n) is 2.38. The fourth-order valence-corrected chi connectivity index (χ4v) is 1.36. The monoisotopic (exact) mass is 280 g/mol. The third-order valence-corrected chi connectivity index (χ3v) is 2.38. The van der Waals surface area contributed by atoms with Crippen LogP contribution in [0, 0.1) is 5.41 Å². The molecule has 8 heteroatoms. The van der Waals surface area contributed by atoms with Gasteiger partial charge in [0.2, 0.25) is 0 Å². The van der Waals surface area contributed by atoms with Crippen LogP contribution in [0.1, 0.15) is 13.8 Å². The summed E-state index contributed by atoms with van der Waals surface area (Å²) in [7, 11) is 0.339. The Bertz CT molecular complexity index is 297. The first-order valence-corrected chi connectivity index (χ1v) is 5.94. The van der Waals surface area contributed by atoms with Crippen LogP contribution in [-0.4, -0.2) is 47.4 Å². The highest BCUT2D eigenvalue weighted by molar-refractivity contribution is 6.53. The Morgan fingerprint density at radius 1 is 1.21 bits per heavy atom. The van der Waals surface area contributed by atoms with Crippen molar-refractivity contribution in [1.29, 1.82) is 0 Å². The molecule has 0 amide bonds. The minimum atomic E-state index is -1.97. The summed E-state index contributed by atoms with van der Waals surface area (Å²) in [5.74, 6) is 0. The summed E-state index contributed by atoms with van der Waals surface area (Å²) in [6, 6.07) is 0. The maximum absolute atomic E-state index is 12.8. The molecule has 5 nitrogen and oxygen atoms in total. The standard InChI is InChI=1S/C11H19BF2O5/c1-11(2)6-18-12(19-7-11)9(10(13)14)17-8-16-5-4-15-3/h4-8H2,1-3H3. The zero-order valence-corrected chi connectivity index (χ0v) is 11.4. The highest BCUT2D eigenvalue weighted by atomic mass is 19.3. The van der Waals surface area contributed by atoms with Gasteiger partial charge in [-0.15, -0.1) is 0 Å². The quantitative estimate of drug-likeness (QED) is 0.308. The smallest absolute Gasteiger partial charge is 0.470 e. The number of ether oxygens (including phenoxy) is 3. The lowest BCUT2D eigenvalue weighted by atomic mass is 9.82. The Balaban J connectivity index is 2.40. The van der Waals surface area contributed by atoms with Gasteiger partial charge in [0.1, 0.15) is 0 Å². The molecular weight excluding hydrogens is 261 g/mol. The molecule has 1 heterocycles. The summed E-state index contributed by atoms with van der Waals surface area (Å²) in [6.45, 7) is 4.82. The molecule has 0 aliphatic carbocycles. The van der Waals surface area contributed by atoms with Gasteiger partial charge in [-0.1, -0.05) is 13.8 Å². The molecular formula is C11H19BF2O5. The van der Waals surface area contributed by atoms with E-state index in [1.165, 1.54) is 7.11 Å². The number of methoxy groups -OCH3 is 1. The lowest BCUT2D eigenvalue weighted by molar-refractivity contribution is -0.0468. The van der Waals surface area contributed by atoms with Crippen LogP contribution in [0.25, 0.3) is 0 Å². The van der Waals surface area contributed by atoms with Gasteiger partial charge in [-0.3, -0.25) is 0 Å². The van der Waals surface area contributed by atoms with Crippen molar-refractivity contribution < 1.29 is 32.3 Å². The van der Waals surface area contributed by atoms with Gasteiger partial charge in [0.25, 0.3) is 0 Å². The van der Waals surface area contributed by atoms with Gasteiger partial charge in [-0.2, -0.15) is 8.78 Å². The van der Waals surface area contributed by atoms with Crippen LogP contribution in [0.3, 0.4) is 0 Å². The first kappa shape index (κ1) is 16.4. The molecule has 1 rings (SSSR count). The molecule has 1 saturated heterocycles. The van der Waals surface area contributed by atoms with E-state index >= 15 is 0 Å². The molecule has 0 N–H and O–H groups in total. The molecule has 0 aromatic rings. The van der Waals surface area contributed by atoms with E-state index in [-0.39, 0.29) is 18.8 Å². The molecule has 1 aliphatic rings. The topological polar surface area (TPSA) is 46.2 Å². The fraction of sp³-hybridized carbons (Fsp3) is 0.818. The van der Waals surface area contributed by atoms with Crippen molar-refractivity contribution in [2.45, 2.75) is 13.8 Å². The number of halogens is 2. The van der Waals surface area contributed by atoms with E-state index in [9.17, 15) is 8.78 Å². The average Bonchev–Trinajstić information content (AvgIpc) is 2.34. The van der Waals surface area contributed by atoms with Gasteiger partial charge < -0.3 is 23.5 Å². The lowest BCUT2D eigenvalue weighted by Crippen LogP contribution is -2.42. The maximum atomic E-state index is 12.8. The highest BCUT2D eigenvalue weighted by Gasteiger charge is 2.38. The Hall–Kier alpha value is -0.695. The van der Waals surface area contributed by atoms with Crippen LogP contribution in [0.5, 0.6) is 0 Å². The van der Waals surface area contributed by atoms with Crippen LogP contribution in [-0.2, 0) is 23.5 Å². The van der Waals surface area contributed by atoms with E-state index in [0.717, 1.165) is 0 Å². The summed E-state index contributed by atoms with van der Waals surface area (Å²) in [6.07, 6.45) is -1.97. The van der Waals surface area contributed by atoms with Crippen LogP contribution >= 0.6 is 0 Å². The fourth-order valence-electron chi connectivity index (χ4n) is 1.36. The lowest BCUT2D eigenvalue weighted by Gasteiger charge is -2.33. The predicted molar refractivity (Wildman–Crippen MR) is 64.5 cm³/mol. The van der Waals surface area contributed by atoms with Crippen LogP contribution < -0.4 is 0 Å². The summed E-state index contributed by atoms with van der Waals surface area (Å²) in [5.41, 5.74) is -0.823. The Kier molecular flexibility index (Phi) is 6.71. The van der Waals surface area contributed by atoms with Crippen molar-refractivity contribution in [3.8, 4) is 0 Å². The van der Waals surface area contributed by atoms with Gasteiger partial charge in [0.15, 0.2) is 12.5 Å². The van der Waals surface area contributed by atoms with Gasteiger partial charge >= 0.3 is 13.2 Å². The van der Waals surface area contributed by atoms with Crippen molar-refractivity contribution >= 4 is 7.12 Å². The SMILES string of the molecule is COCCOCOC(B1OCC(C)(C)CO1)=C(F)F. The zero-order chi connectivity index (χ0) is 14.3. The molecule has 0 bridgehead atoms. The zero-order valence-electron chi connectivity index (χ0n) is 11.4. The minimum absolute atomic E-state index is 0.191. The molecule has 0 aromatic carbocycles. The van der Waals surface area contributed by atoms with E-state index in [1.807, 2.05) is 13.8 Å². The molecule has 0 saturated carbocycles. The first-order valence-electron chi connectivity index (χ1n) is 5.94. The molecule has 0 radical (unpaired) electrons.